The van der Waals surface area contributed by atoms with Gasteiger partial charge in [-0.1, -0.05) is 11.6 Å². The van der Waals surface area contributed by atoms with Crippen LogP contribution < -0.4 is 0 Å². The van der Waals surface area contributed by atoms with E-state index in [9.17, 15) is 4.79 Å². The van der Waals surface area contributed by atoms with Crippen LogP contribution in [0.5, 0.6) is 0 Å². The van der Waals surface area contributed by atoms with Crippen molar-refractivity contribution in [2.24, 2.45) is 0 Å². The maximum absolute atomic E-state index is 10.3. The molecule has 3 heteroatoms. The zero-order chi connectivity index (χ0) is 9.68. The number of nitrogens with zero attached hydrogens (tertiary/aromatic N) is 1. The van der Waals surface area contributed by atoms with Crippen LogP contribution in [-0.4, -0.2) is 35.6 Å². The van der Waals surface area contributed by atoms with Gasteiger partial charge >= 0.3 is 5.97 Å². The summed E-state index contributed by atoms with van der Waals surface area (Å²) >= 11 is 0. The van der Waals surface area contributed by atoms with Crippen LogP contribution in [0.2, 0.25) is 0 Å². The predicted octanol–water partition coefficient (Wildman–Crippen LogP) is 1.50. The SMILES string of the molecule is CC1=CCN(CCCC(=O)O)CC1. The molecule has 0 aliphatic carbocycles. The van der Waals surface area contributed by atoms with Gasteiger partial charge in [-0.15, -0.1) is 0 Å². The molecule has 0 aromatic carbocycles. The number of carboxylic acids is 1. The first kappa shape index (κ1) is 10.3. The molecule has 1 N–H and O–H groups in total. The highest BCUT2D eigenvalue weighted by molar-refractivity contribution is 5.66. The lowest BCUT2D eigenvalue weighted by Crippen LogP contribution is -2.29. The predicted molar refractivity (Wildman–Crippen MR) is 51.7 cm³/mol. The van der Waals surface area contributed by atoms with E-state index in [0.29, 0.717) is 6.42 Å². The third kappa shape index (κ3) is 4.08. The Labute approximate surface area is 79.0 Å². The molecule has 0 bridgehead atoms. The normalized spacial score (nSPS) is 18.4. The maximum Gasteiger partial charge on any atom is 0.303 e. The minimum absolute atomic E-state index is 0.291. The van der Waals surface area contributed by atoms with E-state index in [2.05, 4.69) is 17.9 Å². The molecule has 13 heavy (non-hydrogen) atoms. The molecule has 0 spiro atoms. The number of carbonyl (C=O) groups is 1. The third-order valence-corrected chi connectivity index (χ3v) is 2.39. The van der Waals surface area contributed by atoms with Crippen LogP contribution in [0.4, 0.5) is 0 Å². The van der Waals surface area contributed by atoms with Crippen molar-refractivity contribution < 1.29 is 9.90 Å². The number of hydrogen-bond acceptors (Lipinski definition) is 2. The van der Waals surface area contributed by atoms with E-state index in [1.165, 1.54) is 5.57 Å². The molecule has 74 valence electrons. The van der Waals surface area contributed by atoms with Crippen molar-refractivity contribution in [1.82, 2.24) is 4.90 Å². The van der Waals surface area contributed by atoms with Crippen molar-refractivity contribution in [2.45, 2.75) is 26.2 Å². The molecule has 0 saturated heterocycles. The fourth-order valence-electron chi connectivity index (χ4n) is 1.47. The first-order valence-electron chi connectivity index (χ1n) is 4.78. The Bertz CT molecular complexity index is 211. The summed E-state index contributed by atoms with van der Waals surface area (Å²) in [6.07, 6.45) is 4.42. The van der Waals surface area contributed by atoms with Gasteiger partial charge in [0.15, 0.2) is 0 Å². The summed E-state index contributed by atoms with van der Waals surface area (Å²) in [5.41, 5.74) is 1.45. The molecule has 1 heterocycles. The largest absolute Gasteiger partial charge is 0.481 e. The van der Waals surface area contributed by atoms with E-state index in [1.54, 1.807) is 0 Å². The van der Waals surface area contributed by atoms with Gasteiger partial charge in [0.1, 0.15) is 0 Å². The number of hydrogen-bond donors (Lipinski definition) is 1. The average molecular weight is 183 g/mol. The maximum atomic E-state index is 10.3. The summed E-state index contributed by atoms with van der Waals surface area (Å²) in [6, 6.07) is 0. The monoisotopic (exact) mass is 183 g/mol. The van der Waals surface area contributed by atoms with Crippen LogP contribution in [0.25, 0.3) is 0 Å². The van der Waals surface area contributed by atoms with Gasteiger partial charge in [-0.05, 0) is 26.3 Å². The van der Waals surface area contributed by atoms with Crippen LogP contribution in [0.1, 0.15) is 26.2 Å². The van der Waals surface area contributed by atoms with E-state index in [0.717, 1.165) is 32.5 Å². The first-order chi connectivity index (χ1) is 6.18. The van der Waals surface area contributed by atoms with Gasteiger partial charge in [0, 0.05) is 19.5 Å². The molecule has 0 atom stereocenters. The summed E-state index contributed by atoms with van der Waals surface area (Å²) in [5.74, 6) is -0.691. The molecular formula is C10H17NO2. The van der Waals surface area contributed by atoms with Gasteiger partial charge in [-0.2, -0.15) is 0 Å². The highest BCUT2D eigenvalue weighted by Gasteiger charge is 2.08. The molecule has 0 radical (unpaired) electrons. The fourth-order valence-corrected chi connectivity index (χ4v) is 1.47. The molecule has 0 aromatic rings. The zero-order valence-electron chi connectivity index (χ0n) is 8.12. The van der Waals surface area contributed by atoms with Crippen LogP contribution in [-0.2, 0) is 4.79 Å². The van der Waals surface area contributed by atoms with Crippen molar-refractivity contribution in [1.29, 1.82) is 0 Å². The van der Waals surface area contributed by atoms with Crippen molar-refractivity contribution in [2.75, 3.05) is 19.6 Å². The number of carboxylic acid groups (broad SMARTS) is 1. The van der Waals surface area contributed by atoms with Gasteiger partial charge < -0.3 is 5.11 Å². The quantitative estimate of drug-likeness (QED) is 0.671. The van der Waals surface area contributed by atoms with Crippen LogP contribution in [0.3, 0.4) is 0 Å². The molecule has 0 unspecified atom stereocenters. The molecule has 0 fully saturated rings. The Kier molecular flexibility index (Phi) is 3.96. The Hall–Kier alpha value is -0.830. The molecular weight excluding hydrogens is 166 g/mol. The Morgan fingerprint density at radius 2 is 2.46 bits per heavy atom. The minimum Gasteiger partial charge on any atom is -0.481 e. The van der Waals surface area contributed by atoms with Gasteiger partial charge in [-0.25, -0.2) is 0 Å². The fraction of sp³-hybridized carbons (Fsp3) is 0.700. The molecule has 0 aromatic heterocycles. The van der Waals surface area contributed by atoms with Crippen LogP contribution >= 0.6 is 0 Å². The van der Waals surface area contributed by atoms with Crippen LogP contribution in [0, 0.1) is 0 Å². The summed E-state index contributed by atoms with van der Waals surface area (Å²) in [4.78, 5) is 12.6. The average Bonchev–Trinajstić information content (AvgIpc) is 2.08. The molecule has 0 amide bonds. The van der Waals surface area contributed by atoms with E-state index < -0.39 is 5.97 Å². The Morgan fingerprint density at radius 1 is 1.69 bits per heavy atom. The zero-order valence-corrected chi connectivity index (χ0v) is 8.12. The van der Waals surface area contributed by atoms with E-state index >= 15 is 0 Å². The summed E-state index contributed by atoms with van der Waals surface area (Å²) < 4.78 is 0. The summed E-state index contributed by atoms with van der Waals surface area (Å²) in [5, 5.41) is 8.45. The van der Waals surface area contributed by atoms with E-state index in [1.807, 2.05) is 0 Å². The smallest absolute Gasteiger partial charge is 0.303 e. The van der Waals surface area contributed by atoms with E-state index in [4.69, 9.17) is 5.11 Å². The first-order valence-corrected chi connectivity index (χ1v) is 4.78. The molecule has 3 nitrogen and oxygen atoms in total. The summed E-state index contributed by atoms with van der Waals surface area (Å²) in [6.45, 7) is 5.14. The second-order valence-electron chi connectivity index (χ2n) is 3.60. The Balaban J connectivity index is 2.13. The number of rotatable bonds is 4. The lowest BCUT2D eigenvalue weighted by molar-refractivity contribution is -0.137. The lowest BCUT2D eigenvalue weighted by atomic mass is 10.1. The molecule has 0 saturated carbocycles. The van der Waals surface area contributed by atoms with Crippen LogP contribution in [0.15, 0.2) is 11.6 Å². The second kappa shape index (κ2) is 5.02. The van der Waals surface area contributed by atoms with Crippen molar-refractivity contribution in [3.8, 4) is 0 Å². The summed E-state index contributed by atoms with van der Waals surface area (Å²) in [7, 11) is 0. The van der Waals surface area contributed by atoms with Gasteiger partial charge in [0.2, 0.25) is 0 Å². The lowest BCUT2D eigenvalue weighted by Gasteiger charge is -2.24. The van der Waals surface area contributed by atoms with Gasteiger partial charge in [-0.3, -0.25) is 9.69 Å². The van der Waals surface area contributed by atoms with Crippen molar-refractivity contribution in [3.63, 3.8) is 0 Å². The second-order valence-corrected chi connectivity index (χ2v) is 3.60. The standard InChI is InChI=1S/C10H17NO2/c1-9-4-7-11(8-5-9)6-2-3-10(12)13/h4H,2-3,5-8H2,1H3,(H,12,13). The molecule has 1 rings (SSSR count). The van der Waals surface area contributed by atoms with Crippen molar-refractivity contribution in [3.05, 3.63) is 11.6 Å². The van der Waals surface area contributed by atoms with Gasteiger partial charge in [0.05, 0.1) is 0 Å². The van der Waals surface area contributed by atoms with Crippen molar-refractivity contribution >= 4 is 5.97 Å². The number of aliphatic carboxylic acids is 1. The highest BCUT2D eigenvalue weighted by atomic mass is 16.4. The molecule has 1 aliphatic heterocycles. The molecule has 1 aliphatic rings. The minimum atomic E-state index is -0.691. The van der Waals surface area contributed by atoms with Gasteiger partial charge in [0.25, 0.3) is 0 Å². The Morgan fingerprint density at radius 3 is 3.00 bits per heavy atom. The third-order valence-electron chi connectivity index (χ3n) is 2.39. The highest BCUT2D eigenvalue weighted by Crippen LogP contribution is 2.09. The van der Waals surface area contributed by atoms with E-state index in [-0.39, 0.29) is 0 Å². The topological polar surface area (TPSA) is 40.5 Å².